The fourth-order valence-electron chi connectivity index (χ4n) is 3.79. The third kappa shape index (κ3) is 5.71. The van der Waals surface area contributed by atoms with Crippen molar-refractivity contribution in [2.45, 2.75) is 32.7 Å². The van der Waals surface area contributed by atoms with Crippen LogP contribution in [0.3, 0.4) is 0 Å². The molecule has 26 heavy (non-hydrogen) atoms. The number of piperidine rings is 1. The highest BCUT2D eigenvalue weighted by atomic mass is 16.5. The first kappa shape index (κ1) is 19.2. The molecule has 0 radical (unpaired) electrons. The molecule has 0 amide bonds. The van der Waals surface area contributed by atoms with E-state index in [1.807, 2.05) is 13.1 Å². The molecule has 7 heteroatoms. The summed E-state index contributed by atoms with van der Waals surface area (Å²) in [7, 11) is 1.89. The standard InChI is InChI=1S/C19H34N6O/c1-17-4-9-23(10-5-17)8-3-7-21-19(20-2)25-13-11-24(12-14-25)16-18-6-15-26-22-18/h6,15,17H,3-5,7-14,16H2,1-2H3,(H,20,21). The first-order chi connectivity index (χ1) is 12.7. The molecule has 0 unspecified atom stereocenters. The first-order valence-electron chi connectivity index (χ1n) is 10.0. The number of hydrogen-bond acceptors (Lipinski definition) is 5. The molecule has 0 aromatic carbocycles. The molecular formula is C19H34N6O. The van der Waals surface area contributed by atoms with Gasteiger partial charge in [0.2, 0.25) is 0 Å². The largest absolute Gasteiger partial charge is 0.364 e. The van der Waals surface area contributed by atoms with Crippen LogP contribution < -0.4 is 5.32 Å². The number of likely N-dealkylation sites (tertiary alicyclic amines) is 1. The Morgan fingerprint density at radius 1 is 1.19 bits per heavy atom. The summed E-state index contributed by atoms with van der Waals surface area (Å²) < 4.78 is 4.92. The second kappa shape index (κ2) is 9.92. The zero-order chi connectivity index (χ0) is 18.2. The van der Waals surface area contributed by atoms with Crippen LogP contribution in [-0.2, 0) is 6.54 Å². The summed E-state index contributed by atoms with van der Waals surface area (Å²) in [6.07, 6.45) is 5.53. The second-order valence-electron chi connectivity index (χ2n) is 7.61. The predicted octanol–water partition coefficient (Wildman–Crippen LogP) is 1.49. The zero-order valence-corrected chi connectivity index (χ0v) is 16.4. The molecule has 2 fully saturated rings. The van der Waals surface area contributed by atoms with E-state index >= 15 is 0 Å². The molecule has 146 valence electrons. The molecule has 0 aliphatic carbocycles. The van der Waals surface area contributed by atoms with Crippen molar-refractivity contribution in [2.24, 2.45) is 10.9 Å². The van der Waals surface area contributed by atoms with Gasteiger partial charge in [-0.25, -0.2) is 0 Å². The molecule has 3 rings (SSSR count). The number of aliphatic imine (C=N–C) groups is 1. The summed E-state index contributed by atoms with van der Waals surface area (Å²) in [5.74, 6) is 1.95. The van der Waals surface area contributed by atoms with Gasteiger partial charge in [-0.3, -0.25) is 9.89 Å². The molecule has 2 saturated heterocycles. The van der Waals surface area contributed by atoms with Crippen LogP contribution in [0.4, 0.5) is 0 Å². The Morgan fingerprint density at radius 3 is 2.62 bits per heavy atom. The summed E-state index contributed by atoms with van der Waals surface area (Å²) >= 11 is 0. The van der Waals surface area contributed by atoms with Crippen molar-refractivity contribution in [1.29, 1.82) is 0 Å². The molecule has 0 saturated carbocycles. The minimum absolute atomic E-state index is 0.866. The highest BCUT2D eigenvalue weighted by Crippen LogP contribution is 2.15. The van der Waals surface area contributed by atoms with E-state index in [0.29, 0.717) is 0 Å². The number of guanidine groups is 1. The molecule has 7 nitrogen and oxygen atoms in total. The molecule has 1 aromatic rings. The van der Waals surface area contributed by atoms with E-state index in [2.05, 4.69) is 37.1 Å². The Balaban J connectivity index is 1.32. The quantitative estimate of drug-likeness (QED) is 0.470. The van der Waals surface area contributed by atoms with Gasteiger partial charge in [-0.1, -0.05) is 12.1 Å². The van der Waals surface area contributed by atoms with Crippen molar-refractivity contribution in [3.8, 4) is 0 Å². The van der Waals surface area contributed by atoms with Crippen LogP contribution >= 0.6 is 0 Å². The zero-order valence-electron chi connectivity index (χ0n) is 16.4. The average Bonchev–Trinajstić information content (AvgIpc) is 3.17. The highest BCUT2D eigenvalue weighted by Gasteiger charge is 2.20. The monoisotopic (exact) mass is 362 g/mol. The average molecular weight is 363 g/mol. The minimum Gasteiger partial charge on any atom is -0.364 e. The molecule has 1 aromatic heterocycles. The Morgan fingerprint density at radius 2 is 1.96 bits per heavy atom. The highest BCUT2D eigenvalue weighted by molar-refractivity contribution is 5.79. The summed E-state index contributed by atoms with van der Waals surface area (Å²) in [4.78, 5) is 11.9. The molecule has 2 aliphatic rings. The first-order valence-corrected chi connectivity index (χ1v) is 10.0. The second-order valence-corrected chi connectivity index (χ2v) is 7.61. The van der Waals surface area contributed by atoms with Crippen molar-refractivity contribution in [1.82, 2.24) is 25.2 Å². The Kier molecular flexibility index (Phi) is 7.32. The van der Waals surface area contributed by atoms with Crippen LogP contribution in [-0.4, -0.2) is 85.2 Å². The molecule has 1 N–H and O–H groups in total. The van der Waals surface area contributed by atoms with Crippen LogP contribution in [0.15, 0.2) is 21.8 Å². The van der Waals surface area contributed by atoms with Crippen LogP contribution in [0.1, 0.15) is 31.9 Å². The van der Waals surface area contributed by atoms with Gasteiger partial charge in [-0.05, 0) is 44.8 Å². The molecule has 0 spiro atoms. The van der Waals surface area contributed by atoms with E-state index in [-0.39, 0.29) is 0 Å². The third-order valence-electron chi connectivity index (χ3n) is 5.57. The van der Waals surface area contributed by atoms with Crippen LogP contribution in [0, 0.1) is 5.92 Å². The number of nitrogens with one attached hydrogen (secondary N) is 1. The van der Waals surface area contributed by atoms with Gasteiger partial charge in [0, 0.05) is 52.4 Å². The van der Waals surface area contributed by atoms with Gasteiger partial charge in [0.15, 0.2) is 5.96 Å². The number of hydrogen-bond donors (Lipinski definition) is 1. The van der Waals surface area contributed by atoms with Crippen molar-refractivity contribution in [3.63, 3.8) is 0 Å². The summed E-state index contributed by atoms with van der Waals surface area (Å²) in [5.41, 5.74) is 1.01. The van der Waals surface area contributed by atoms with E-state index in [9.17, 15) is 0 Å². The maximum Gasteiger partial charge on any atom is 0.193 e. The van der Waals surface area contributed by atoms with Crippen molar-refractivity contribution in [2.75, 3.05) is 59.4 Å². The molecule has 2 aliphatic heterocycles. The van der Waals surface area contributed by atoms with Gasteiger partial charge in [0.25, 0.3) is 0 Å². The van der Waals surface area contributed by atoms with Crippen molar-refractivity contribution >= 4 is 5.96 Å². The topological polar surface area (TPSA) is 60.1 Å². The van der Waals surface area contributed by atoms with Crippen LogP contribution in [0.5, 0.6) is 0 Å². The summed E-state index contributed by atoms with van der Waals surface area (Å²) in [5, 5.41) is 7.55. The van der Waals surface area contributed by atoms with Gasteiger partial charge >= 0.3 is 0 Å². The number of rotatable bonds is 6. The molecule has 0 atom stereocenters. The predicted molar refractivity (Wildman–Crippen MR) is 104 cm³/mol. The molecule has 3 heterocycles. The van der Waals surface area contributed by atoms with Crippen LogP contribution in [0.25, 0.3) is 0 Å². The maximum atomic E-state index is 4.92. The van der Waals surface area contributed by atoms with Gasteiger partial charge in [0.1, 0.15) is 6.26 Å². The smallest absolute Gasteiger partial charge is 0.193 e. The SMILES string of the molecule is CN=C(NCCCN1CCC(C)CC1)N1CCN(Cc2ccon2)CC1. The third-order valence-corrected chi connectivity index (χ3v) is 5.57. The number of piperazine rings is 1. The summed E-state index contributed by atoms with van der Waals surface area (Å²) in [6.45, 7) is 12.0. The fourth-order valence-corrected chi connectivity index (χ4v) is 3.79. The lowest BCUT2D eigenvalue weighted by molar-refractivity contribution is 0.168. The molecular weight excluding hydrogens is 328 g/mol. The lowest BCUT2D eigenvalue weighted by atomic mass is 9.99. The van der Waals surface area contributed by atoms with E-state index in [4.69, 9.17) is 4.52 Å². The Hall–Kier alpha value is -1.60. The number of aromatic nitrogens is 1. The van der Waals surface area contributed by atoms with Crippen molar-refractivity contribution < 1.29 is 4.52 Å². The van der Waals surface area contributed by atoms with Gasteiger partial charge in [-0.2, -0.15) is 0 Å². The van der Waals surface area contributed by atoms with Crippen LogP contribution in [0.2, 0.25) is 0 Å². The lowest BCUT2D eigenvalue weighted by Gasteiger charge is -2.36. The molecule has 0 bridgehead atoms. The van der Waals surface area contributed by atoms with E-state index < -0.39 is 0 Å². The number of nitrogens with zero attached hydrogens (tertiary/aromatic N) is 5. The summed E-state index contributed by atoms with van der Waals surface area (Å²) in [6, 6.07) is 1.94. The lowest BCUT2D eigenvalue weighted by Crippen LogP contribution is -2.52. The normalized spacial score (nSPS) is 21.3. The van der Waals surface area contributed by atoms with Crippen molar-refractivity contribution in [3.05, 3.63) is 18.0 Å². The van der Waals surface area contributed by atoms with Gasteiger partial charge in [0.05, 0.1) is 5.69 Å². The van der Waals surface area contributed by atoms with E-state index in [1.54, 1.807) is 6.26 Å². The van der Waals surface area contributed by atoms with Gasteiger partial charge < -0.3 is 19.6 Å². The Bertz CT molecular complexity index is 530. The minimum atomic E-state index is 0.866. The van der Waals surface area contributed by atoms with E-state index in [1.165, 1.54) is 38.9 Å². The van der Waals surface area contributed by atoms with Gasteiger partial charge in [-0.15, -0.1) is 0 Å². The maximum absolute atomic E-state index is 4.92. The Labute approximate surface area is 157 Å². The fraction of sp³-hybridized carbons (Fsp3) is 0.789. The van der Waals surface area contributed by atoms with E-state index in [0.717, 1.165) is 56.8 Å².